The fourth-order valence-corrected chi connectivity index (χ4v) is 2.77. The van der Waals surface area contributed by atoms with Crippen molar-refractivity contribution < 1.29 is 9.50 Å². The summed E-state index contributed by atoms with van der Waals surface area (Å²) in [6.07, 6.45) is 2.11. The number of benzene rings is 1. The van der Waals surface area contributed by atoms with E-state index in [2.05, 4.69) is 13.8 Å². The summed E-state index contributed by atoms with van der Waals surface area (Å²) < 4.78 is 13.8. The predicted molar refractivity (Wildman–Crippen MR) is 62.9 cm³/mol. The minimum atomic E-state index is -1.03. The molecule has 0 aliphatic heterocycles. The first-order valence-corrected chi connectivity index (χ1v) is 5.88. The second-order valence-corrected chi connectivity index (χ2v) is 5.93. The average molecular weight is 243 g/mol. The topological polar surface area (TPSA) is 20.2 Å². The molecule has 0 aromatic heterocycles. The maximum atomic E-state index is 13.8. The first kappa shape index (κ1) is 11.9. The Morgan fingerprint density at radius 1 is 1.31 bits per heavy atom. The van der Waals surface area contributed by atoms with E-state index in [1.54, 1.807) is 12.1 Å². The van der Waals surface area contributed by atoms with Crippen molar-refractivity contribution in [2.75, 3.05) is 0 Å². The highest BCUT2D eigenvalue weighted by molar-refractivity contribution is 6.30. The van der Waals surface area contributed by atoms with Crippen LogP contribution in [0.4, 0.5) is 4.39 Å². The summed E-state index contributed by atoms with van der Waals surface area (Å²) >= 11 is 5.70. The van der Waals surface area contributed by atoms with Gasteiger partial charge in [-0.15, -0.1) is 0 Å². The van der Waals surface area contributed by atoms with E-state index in [0.29, 0.717) is 23.4 Å². The normalized spacial score (nSPS) is 28.3. The minimum Gasteiger partial charge on any atom is -0.385 e. The Bertz CT molecular complexity index is 416. The van der Waals surface area contributed by atoms with E-state index in [0.717, 1.165) is 6.42 Å². The van der Waals surface area contributed by atoms with Gasteiger partial charge >= 0.3 is 0 Å². The van der Waals surface area contributed by atoms with Crippen molar-refractivity contribution >= 4 is 11.6 Å². The second-order valence-electron chi connectivity index (χ2n) is 5.50. The molecule has 1 unspecified atom stereocenters. The van der Waals surface area contributed by atoms with Crippen LogP contribution in [0.15, 0.2) is 18.2 Å². The van der Waals surface area contributed by atoms with E-state index in [9.17, 15) is 9.50 Å². The summed E-state index contributed by atoms with van der Waals surface area (Å²) in [6, 6.07) is 4.49. The highest BCUT2D eigenvalue weighted by atomic mass is 35.5. The molecule has 1 aromatic carbocycles. The minimum absolute atomic E-state index is 0.0703. The van der Waals surface area contributed by atoms with Gasteiger partial charge in [-0.05, 0) is 36.8 Å². The SMILES string of the molecule is CC1(C)CCC(O)(c2ccc(Cl)cc2F)C1. The van der Waals surface area contributed by atoms with Crippen LogP contribution < -0.4 is 0 Å². The molecule has 2 rings (SSSR count). The van der Waals surface area contributed by atoms with Crippen LogP contribution in [0.1, 0.15) is 38.7 Å². The average Bonchev–Trinajstić information content (AvgIpc) is 2.41. The molecule has 1 nitrogen and oxygen atoms in total. The fraction of sp³-hybridized carbons (Fsp3) is 0.538. The molecule has 88 valence electrons. The van der Waals surface area contributed by atoms with Gasteiger partial charge in [0.2, 0.25) is 0 Å². The molecule has 1 aliphatic rings. The van der Waals surface area contributed by atoms with Crippen molar-refractivity contribution in [2.24, 2.45) is 5.41 Å². The molecule has 1 fully saturated rings. The van der Waals surface area contributed by atoms with E-state index >= 15 is 0 Å². The van der Waals surface area contributed by atoms with Crippen molar-refractivity contribution in [2.45, 2.75) is 38.7 Å². The zero-order chi connectivity index (χ0) is 12.0. The summed E-state index contributed by atoms with van der Waals surface area (Å²) in [5, 5.41) is 10.8. The predicted octanol–water partition coefficient (Wildman–Crippen LogP) is 3.88. The lowest BCUT2D eigenvalue weighted by Gasteiger charge is -2.26. The van der Waals surface area contributed by atoms with E-state index in [4.69, 9.17) is 11.6 Å². The zero-order valence-corrected chi connectivity index (χ0v) is 10.3. The number of hydrogen-bond acceptors (Lipinski definition) is 1. The van der Waals surface area contributed by atoms with Gasteiger partial charge in [-0.2, -0.15) is 0 Å². The van der Waals surface area contributed by atoms with Crippen molar-refractivity contribution in [1.29, 1.82) is 0 Å². The maximum Gasteiger partial charge on any atom is 0.130 e. The first-order valence-electron chi connectivity index (χ1n) is 5.50. The van der Waals surface area contributed by atoms with Crippen LogP contribution in [0.25, 0.3) is 0 Å². The number of rotatable bonds is 1. The molecule has 1 atom stereocenters. The molecule has 1 saturated carbocycles. The van der Waals surface area contributed by atoms with Crippen LogP contribution in [-0.2, 0) is 5.60 Å². The van der Waals surface area contributed by atoms with Crippen LogP contribution in [0.2, 0.25) is 5.02 Å². The smallest absolute Gasteiger partial charge is 0.130 e. The maximum absolute atomic E-state index is 13.8. The molecule has 3 heteroatoms. The monoisotopic (exact) mass is 242 g/mol. The molecule has 0 saturated heterocycles. The third-order valence-electron chi connectivity index (χ3n) is 3.42. The van der Waals surface area contributed by atoms with Crippen LogP contribution in [0, 0.1) is 11.2 Å². The quantitative estimate of drug-likeness (QED) is 0.793. The molecule has 0 amide bonds. The summed E-state index contributed by atoms with van der Waals surface area (Å²) in [6.45, 7) is 4.19. The van der Waals surface area contributed by atoms with E-state index in [1.165, 1.54) is 6.07 Å². The van der Waals surface area contributed by atoms with E-state index in [1.807, 2.05) is 0 Å². The van der Waals surface area contributed by atoms with Gasteiger partial charge in [-0.1, -0.05) is 31.5 Å². The Labute approximate surface area is 100 Å². The summed E-state index contributed by atoms with van der Waals surface area (Å²) in [5.41, 5.74) is -0.582. The summed E-state index contributed by atoms with van der Waals surface area (Å²) in [7, 11) is 0. The molecule has 1 N–H and O–H groups in total. The molecule has 16 heavy (non-hydrogen) atoms. The third-order valence-corrected chi connectivity index (χ3v) is 3.65. The molecule has 0 bridgehead atoms. The Balaban J connectivity index is 2.38. The molecule has 1 aromatic rings. The Kier molecular flexibility index (Phi) is 2.75. The molecular formula is C13H16ClFO. The van der Waals surface area contributed by atoms with Gasteiger partial charge in [0.25, 0.3) is 0 Å². The standard InChI is InChI=1S/C13H16ClFO/c1-12(2)5-6-13(16,8-12)10-4-3-9(14)7-11(10)15/h3-4,7,16H,5-6,8H2,1-2H3. The fourth-order valence-electron chi connectivity index (χ4n) is 2.61. The molecular weight excluding hydrogens is 227 g/mol. The van der Waals surface area contributed by atoms with E-state index < -0.39 is 11.4 Å². The highest BCUT2D eigenvalue weighted by Crippen LogP contribution is 2.49. The van der Waals surface area contributed by atoms with Gasteiger partial charge in [0.15, 0.2) is 0 Å². The summed E-state index contributed by atoms with van der Waals surface area (Å²) in [5.74, 6) is -0.410. The van der Waals surface area contributed by atoms with Crippen molar-refractivity contribution in [1.82, 2.24) is 0 Å². The molecule has 0 radical (unpaired) electrons. The van der Waals surface area contributed by atoms with Crippen molar-refractivity contribution in [3.05, 3.63) is 34.6 Å². The second kappa shape index (κ2) is 3.71. The lowest BCUT2D eigenvalue weighted by molar-refractivity contribution is 0.0303. The highest BCUT2D eigenvalue weighted by Gasteiger charge is 2.44. The van der Waals surface area contributed by atoms with Crippen molar-refractivity contribution in [3.8, 4) is 0 Å². The Hall–Kier alpha value is -0.600. The first-order chi connectivity index (χ1) is 7.32. The van der Waals surface area contributed by atoms with Crippen molar-refractivity contribution in [3.63, 3.8) is 0 Å². The Morgan fingerprint density at radius 2 is 2.00 bits per heavy atom. The Morgan fingerprint density at radius 3 is 2.50 bits per heavy atom. The number of hydrogen-bond donors (Lipinski definition) is 1. The van der Waals surface area contributed by atoms with Gasteiger partial charge < -0.3 is 5.11 Å². The number of aliphatic hydroxyl groups is 1. The van der Waals surface area contributed by atoms with Gasteiger partial charge in [-0.25, -0.2) is 4.39 Å². The zero-order valence-electron chi connectivity index (χ0n) is 9.56. The lowest BCUT2D eigenvalue weighted by atomic mass is 9.85. The summed E-state index contributed by atoms with van der Waals surface area (Å²) in [4.78, 5) is 0. The van der Waals surface area contributed by atoms with E-state index in [-0.39, 0.29) is 5.41 Å². The number of halogens is 2. The molecule has 0 spiro atoms. The van der Waals surface area contributed by atoms with Crippen LogP contribution in [0.5, 0.6) is 0 Å². The van der Waals surface area contributed by atoms with Gasteiger partial charge in [0.1, 0.15) is 5.82 Å². The third kappa shape index (κ3) is 2.09. The lowest BCUT2D eigenvalue weighted by Crippen LogP contribution is -2.24. The molecule has 0 heterocycles. The van der Waals surface area contributed by atoms with Gasteiger partial charge in [-0.3, -0.25) is 0 Å². The van der Waals surface area contributed by atoms with Crippen LogP contribution >= 0.6 is 11.6 Å². The molecule has 1 aliphatic carbocycles. The van der Waals surface area contributed by atoms with Crippen LogP contribution in [-0.4, -0.2) is 5.11 Å². The van der Waals surface area contributed by atoms with Gasteiger partial charge in [0.05, 0.1) is 5.60 Å². The van der Waals surface area contributed by atoms with Gasteiger partial charge in [0, 0.05) is 10.6 Å². The largest absolute Gasteiger partial charge is 0.385 e. The van der Waals surface area contributed by atoms with Crippen LogP contribution in [0.3, 0.4) is 0 Å².